The molecule has 6 nitrogen and oxygen atoms in total. The van der Waals surface area contributed by atoms with E-state index in [-0.39, 0.29) is 24.0 Å². The van der Waals surface area contributed by atoms with Crippen LogP contribution in [-0.2, 0) is 4.74 Å². The molecule has 7 heteroatoms. The Morgan fingerprint density at radius 1 is 1.19 bits per heavy atom. The van der Waals surface area contributed by atoms with Gasteiger partial charge in [-0.2, -0.15) is 0 Å². The van der Waals surface area contributed by atoms with Crippen molar-refractivity contribution in [3.05, 3.63) is 0 Å². The monoisotopic (exact) mass is 495 g/mol. The van der Waals surface area contributed by atoms with E-state index in [9.17, 15) is 0 Å². The molecular weight excluding hydrogens is 453 g/mol. The Morgan fingerprint density at radius 3 is 2.70 bits per heavy atom. The third-order valence-corrected chi connectivity index (χ3v) is 5.70. The van der Waals surface area contributed by atoms with E-state index < -0.39 is 0 Å². The maximum atomic E-state index is 5.54. The molecule has 2 fully saturated rings. The summed E-state index contributed by atoms with van der Waals surface area (Å²) in [7, 11) is 0. The highest BCUT2D eigenvalue weighted by Crippen LogP contribution is 2.16. The number of hydrogen-bond donors (Lipinski definition) is 2. The normalized spacial score (nSPS) is 26.3. The van der Waals surface area contributed by atoms with Crippen molar-refractivity contribution in [3.8, 4) is 0 Å². The summed E-state index contributed by atoms with van der Waals surface area (Å²) in [5, 5.41) is 6.90. The third-order valence-electron chi connectivity index (χ3n) is 5.70. The minimum atomic E-state index is 0. The SMILES string of the molecule is CCNC(=NCC(C)N1CCOCC1C)NCCCN1CCCCC1C.I. The molecule has 0 saturated carbocycles. The van der Waals surface area contributed by atoms with Crippen LogP contribution in [0.1, 0.15) is 53.4 Å². The van der Waals surface area contributed by atoms with E-state index in [0.29, 0.717) is 12.1 Å². The fraction of sp³-hybridized carbons (Fsp3) is 0.950. The fourth-order valence-electron chi connectivity index (χ4n) is 4.04. The molecular formula is C20H42IN5O. The van der Waals surface area contributed by atoms with Gasteiger partial charge in [-0.05, 0) is 53.5 Å². The first-order valence-corrected chi connectivity index (χ1v) is 10.7. The van der Waals surface area contributed by atoms with E-state index in [0.717, 1.165) is 51.4 Å². The summed E-state index contributed by atoms with van der Waals surface area (Å²) in [4.78, 5) is 9.96. The zero-order valence-corrected chi connectivity index (χ0v) is 20.2. The average Bonchev–Trinajstić information content (AvgIpc) is 2.64. The van der Waals surface area contributed by atoms with E-state index in [1.165, 1.54) is 38.8 Å². The maximum absolute atomic E-state index is 5.54. The van der Waals surface area contributed by atoms with Crippen molar-refractivity contribution in [1.29, 1.82) is 0 Å². The quantitative estimate of drug-likeness (QED) is 0.235. The van der Waals surface area contributed by atoms with Crippen LogP contribution in [0.15, 0.2) is 4.99 Å². The third kappa shape index (κ3) is 8.83. The van der Waals surface area contributed by atoms with Gasteiger partial charge in [0.1, 0.15) is 0 Å². The number of nitrogens with one attached hydrogen (secondary N) is 2. The molecule has 2 heterocycles. The first-order chi connectivity index (χ1) is 12.6. The van der Waals surface area contributed by atoms with Gasteiger partial charge in [-0.1, -0.05) is 6.42 Å². The molecule has 3 atom stereocenters. The Balaban J connectivity index is 0.00000364. The first-order valence-electron chi connectivity index (χ1n) is 10.7. The summed E-state index contributed by atoms with van der Waals surface area (Å²) in [6, 6.07) is 1.68. The van der Waals surface area contributed by atoms with Crippen LogP contribution in [0.2, 0.25) is 0 Å². The molecule has 2 aliphatic heterocycles. The first kappa shape index (κ1) is 24.9. The fourth-order valence-corrected chi connectivity index (χ4v) is 4.04. The lowest BCUT2D eigenvalue weighted by molar-refractivity contribution is -0.0165. The lowest BCUT2D eigenvalue weighted by Gasteiger charge is -2.37. The second-order valence-electron chi connectivity index (χ2n) is 7.89. The van der Waals surface area contributed by atoms with Crippen molar-refractivity contribution in [2.75, 3.05) is 52.5 Å². The van der Waals surface area contributed by atoms with E-state index in [4.69, 9.17) is 9.73 Å². The number of rotatable bonds is 8. The van der Waals surface area contributed by atoms with Crippen molar-refractivity contribution in [1.82, 2.24) is 20.4 Å². The summed E-state index contributed by atoms with van der Waals surface area (Å²) in [6.07, 6.45) is 5.28. The van der Waals surface area contributed by atoms with Gasteiger partial charge in [-0.3, -0.25) is 9.89 Å². The van der Waals surface area contributed by atoms with Crippen molar-refractivity contribution >= 4 is 29.9 Å². The second kappa shape index (κ2) is 14.0. The molecule has 0 aromatic heterocycles. The number of piperidine rings is 1. The number of likely N-dealkylation sites (tertiary alicyclic amines) is 1. The molecule has 2 aliphatic rings. The van der Waals surface area contributed by atoms with Crippen LogP contribution in [0, 0.1) is 0 Å². The smallest absolute Gasteiger partial charge is 0.191 e. The largest absolute Gasteiger partial charge is 0.379 e. The van der Waals surface area contributed by atoms with Crippen LogP contribution in [0.25, 0.3) is 0 Å². The second-order valence-corrected chi connectivity index (χ2v) is 7.89. The van der Waals surface area contributed by atoms with E-state index in [1.807, 2.05) is 0 Å². The number of nitrogens with zero attached hydrogens (tertiary/aromatic N) is 3. The van der Waals surface area contributed by atoms with Crippen LogP contribution >= 0.6 is 24.0 Å². The number of morpholine rings is 1. The standard InChI is InChI=1S/C20H41N5O.HI/c1-5-21-20(22-10-8-12-24-11-7-6-9-17(24)2)23-15-18(3)25-13-14-26-16-19(25)4;/h17-19H,5-16H2,1-4H3,(H2,21,22,23);1H. The number of hydrogen-bond acceptors (Lipinski definition) is 4. The molecule has 2 N–H and O–H groups in total. The van der Waals surface area contributed by atoms with Crippen LogP contribution in [0.3, 0.4) is 0 Å². The minimum absolute atomic E-state index is 0. The minimum Gasteiger partial charge on any atom is -0.379 e. The lowest BCUT2D eigenvalue weighted by Crippen LogP contribution is -2.49. The molecule has 2 saturated heterocycles. The summed E-state index contributed by atoms with van der Waals surface area (Å²) in [6.45, 7) is 16.9. The molecule has 3 unspecified atom stereocenters. The number of aliphatic imine (C=N–C) groups is 1. The maximum Gasteiger partial charge on any atom is 0.191 e. The lowest BCUT2D eigenvalue weighted by atomic mass is 10.0. The van der Waals surface area contributed by atoms with Gasteiger partial charge >= 0.3 is 0 Å². The highest BCUT2D eigenvalue weighted by Gasteiger charge is 2.23. The molecule has 0 amide bonds. The van der Waals surface area contributed by atoms with E-state index in [1.54, 1.807) is 0 Å². The summed E-state index contributed by atoms with van der Waals surface area (Å²) in [5.41, 5.74) is 0. The topological polar surface area (TPSA) is 52.1 Å². The average molecular weight is 495 g/mol. The highest BCUT2D eigenvalue weighted by atomic mass is 127. The van der Waals surface area contributed by atoms with Crippen LogP contribution in [0.5, 0.6) is 0 Å². The zero-order chi connectivity index (χ0) is 18.8. The zero-order valence-electron chi connectivity index (χ0n) is 17.9. The molecule has 0 bridgehead atoms. The summed E-state index contributed by atoms with van der Waals surface area (Å²) in [5.74, 6) is 0.951. The molecule has 0 radical (unpaired) electrons. The summed E-state index contributed by atoms with van der Waals surface area (Å²) >= 11 is 0. The van der Waals surface area contributed by atoms with E-state index >= 15 is 0 Å². The highest BCUT2D eigenvalue weighted by molar-refractivity contribution is 14.0. The van der Waals surface area contributed by atoms with Crippen molar-refractivity contribution in [2.45, 2.75) is 71.5 Å². The van der Waals surface area contributed by atoms with Crippen LogP contribution in [-0.4, -0.2) is 86.4 Å². The molecule has 27 heavy (non-hydrogen) atoms. The van der Waals surface area contributed by atoms with Crippen molar-refractivity contribution in [3.63, 3.8) is 0 Å². The molecule has 2 rings (SSSR count). The van der Waals surface area contributed by atoms with Gasteiger partial charge in [0.05, 0.1) is 19.8 Å². The van der Waals surface area contributed by atoms with Gasteiger partial charge in [0.2, 0.25) is 0 Å². The Bertz CT molecular complexity index is 423. The van der Waals surface area contributed by atoms with Crippen molar-refractivity contribution in [2.24, 2.45) is 4.99 Å². The van der Waals surface area contributed by atoms with E-state index in [2.05, 4.69) is 48.1 Å². The van der Waals surface area contributed by atoms with Crippen molar-refractivity contribution < 1.29 is 4.74 Å². The van der Waals surface area contributed by atoms with Gasteiger partial charge in [0.15, 0.2) is 5.96 Å². The number of guanidine groups is 1. The summed E-state index contributed by atoms with van der Waals surface area (Å²) < 4.78 is 5.54. The Morgan fingerprint density at radius 2 is 2.00 bits per heavy atom. The Hall–Kier alpha value is -0.120. The molecule has 0 spiro atoms. The Kier molecular flexibility index (Phi) is 12.9. The molecule has 0 aromatic rings. The van der Waals surface area contributed by atoms with Gasteiger partial charge in [-0.15, -0.1) is 24.0 Å². The van der Waals surface area contributed by atoms with Gasteiger partial charge in [0, 0.05) is 44.3 Å². The predicted octanol–water partition coefficient (Wildman–Crippen LogP) is 2.53. The molecule has 0 aromatic carbocycles. The van der Waals surface area contributed by atoms with Crippen LogP contribution in [0.4, 0.5) is 0 Å². The molecule has 0 aliphatic carbocycles. The molecule has 160 valence electrons. The van der Waals surface area contributed by atoms with Gasteiger partial charge in [0.25, 0.3) is 0 Å². The number of halogens is 1. The predicted molar refractivity (Wildman–Crippen MR) is 125 cm³/mol. The Labute approximate surface area is 183 Å². The number of ether oxygens (including phenoxy) is 1. The van der Waals surface area contributed by atoms with Gasteiger partial charge in [-0.25, -0.2) is 0 Å². The van der Waals surface area contributed by atoms with Crippen LogP contribution < -0.4 is 10.6 Å². The van der Waals surface area contributed by atoms with Gasteiger partial charge < -0.3 is 20.3 Å².